The van der Waals surface area contributed by atoms with Gasteiger partial charge in [0, 0.05) is 30.1 Å². The van der Waals surface area contributed by atoms with Crippen molar-refractivity contribution in [1.82, 2.24) is 20.9 Å². The molecule has 2 aromatic rings. The van der Waals surface area contributed by atoms with Crippen LogP contribution in [0.15, 0.2) is 35.5 Å². The first-order chi connectivity index (χ1) is 17.9. The van der Waals surface area contributed by atoms with Crippen LogP contribution in [0.2, 0.25) is 0 Å². The van der Waals surface area contributed by atoms with Crippen molar-refractivity contribution in [3.05, 3.63) is 36.0 Å². The second kappa shape index (κ2) is 13.9. The Balaban J connectivity index is 2.18. The lowest BCUT2D eigenvalue weighted by Gasteiger charge is -2.26. The summed E-state index contributed by atoms with van der Waals surface area (Å²) >= 11 is 0. The molecule has 2 rings (SSSR count). The summed E-state index contributed by atoms with van der Waals surface area (Å²) in [5.74, 6) is -3.71. The van der Waals surface area contributed by atoms with Crippen LogP contribution in [0.1, 0.15) is 32.3 Å². The number of carboxylic acid groups (broad SMARTS) is 1. The van der Waals surface area contributed by atoms with Crippen molar-refractivity contribution in [2.24, 2.45) is 22.2 Å². The molecule has 3 amide bonds. The summed E-state index contributed by atoms with van der Waals surface area (Å²) in [5.41, 5.74) is 17.7. The van der Waals surface area contributed by atoms with Gasteiger partial charge < -0.3 is 48.3 Å². The highest BCUT2D eigenvalue weighted by atomic mass is 16.4. The van der Waals surface area contributed by atoms with Crippen LogP contribution in [0.5, 0.6) is 0 Å². The molecule has 5 atom stereocenters. The fourth-order valence-corrected chi connectivity index (χ4v) is 3.71. The van der Waals surface area contributed by atoms with Crippen molar-refractivity contribution in [1.29, 1.82) is 0 Å². The molecule has 0 spiro atoms. The van der Waals surface area contributed by atoms with Gasteiger partial charge in [-0.15, -0.1) is 0 Å². The lowest BCUT2D eigenvalue weighted by Crippen LogP contribution is -2.60. The standard InChI is InChI=1S/C24H36N8O6/c1-12(25)20(34)31-18(10-14-11-29-16-7-4-3-6-15(14)16)21(35)32-19(13(2)33)22(36)30-17(23(37)38)8-5-9-28-24(26)27/h3-4,6-7,11-13,17-19,29,33H,5,8-10,25H2,1-2H3,(H,30,36)(H,31,34)(H,32,35)(H,37,38)(H4,26,27,28). The van der Waals surface area contributed by atoms with Crippen LogP contribution in [0.25, 0.3) is 10.9 Å². The van der Waals surface area contributed by atoms with Crippen LogP contribution >= 0.6 is 0 Å². The molecule has 1 aromatic heterocycles. The molecule has 0 aliphatic carbocycles. The van der Waals surface area contributed by atoms with Gasteiger partial charge in [0.25, 0.3) is 0 Å². The third-order valence-corrected chi connectivity index (χ3v) is 5.77. The molecule has 0 aliphatic heterocycles. The van der Waals surface area contributed by atoms with Gasteiger partial charge in [0.1, 0.15) is 18.1 Å². The van der Waals surface area contributed by atoms with E-state index >= 15 is 0 Å². The maximum absolute atomic E-state index is 13.3. The van der Waals surface area contributed by atoms with Crippen LogP contribution in [0.3, 0.4) is 0 Å². The van der Waals surface area contributed by atoms with Crippen molar-refractivity contribution in [3.63, 3.8) is 0 Å². The van der Waals surface area contributed by atoms with E-state index in [1.807, 2.05) is 24.3 Å². The second-order valence-electron chi connectivity index (χ2n) is 8.99. The number of carbonyl (C=O) groups excluding carboxylic acids is 3. The number of H-pyrrole nitrogens is 1. The number of aromatic amines is 1. The molecule has 208 valence electrons. The van der Waals surface area contributed by atoms with E-state index in [1.165, 1.54) is 13.8 Å². The predicted octanol–water partition coefficient (Wildman–Crippen LogP) is -1.97. The number of aliphatic carboxylic acids is 1. The summed E-state index contributed by atoms with van der Waals surface area (Å²) in [6.45, 7) is 2.89. The molecule has 0 fully saturated rings. The van der Waals surface area contributed by atoms with E-state index in [1.54, 1.807) is 6.20 Å². The minimum Gasteiger partial charge on any atom is -0.480 e. The van der Waals surface area contributed by atoms with Gasteiger partial charge in [-0.3, -0.25) is 19.4 Å². The molecule has 12 N–H and O–H groups in total. The number of aliphatic imine (C=N–C) groups is 1. The fourth-order valence-electron chi connectivity index (χ4n) is 3.71. The Bertz CT molecular complexity index is 1160. The first-order valence-corrected chi connectivity index (χ1v) is 12.1. The SMILES string of the molecule is CC(N)C(=O)NC(Cc1c[nH]c2ccccc12)C(=O)NC(C(=O)NC(CCCN=C(N)N)C(=O)O)C(C)O. The molecule has 1 heterocycles. The lowest BCUT2D eigenvalue weighted by molar-refractivity contribution is -0.143. The topological polar surface area (TPSA) is 251 Å². The number of aromatic nitrogens is 1. The number of nitrogens with zero attached hydrogens (tertiary/aromatic N) is 1. The maximum Gasteiger partial charge on any atom is 0.326 e. The van der Waals surface area contributed by atoms with Crippen LogP contribution in [-0.4, -0.2) is 81.7 Å². The van der Waals surface area contributed by atoms with Gasteiger partial charge in [-0.25, -0.2) is 4.79 Å². The Labute approximate surface area is 219 Å². The molecule has 0 saturated carbocycles. The van der Waals surface area contributed by atoms with Crippen LogP contribution in [0.4, 0.5) is 0 Å². The second-order valence-corrected chi connectivity index (χ2v) is 8.99. The molecule has 38 heavy (non-hydrogen) atoms. The third kappa shape index (κ3) is 8.74. The van der Waals surface area contributed by atoms with E-state index in [-0.39, 0.29) is 31.8 Å². The van der Waals surface area contributed by atoms with E-state index in [4.69, 9.17) is 17.2 Å². The Kier molecular flexibility index (Phi) is 11.0. The molecule has 0 radical (unpaired) electrons. The predicted molar refractivity (Wildman–Crippen MR) is 141 cm³/mol. The van der Waals surface area contributed by atoms with E-state index in [0.717, 1.165) is 16.5 Å². The molecular formula is C24H36N8O6. The van der Waals surface area contributed by atoms with Gasteiger partial charge in [0.05, 0.1) is 12.1 Å². The number of benzene rings is 1. The van der Waals surface area contributed by atoms with Crippen LogP contribution in [-0.2, 0) is 25.6 Å². The average Bonchev–Trinajstić information content (AvgIpc) is 3.25. The highest BCUT2D eigenvalue weighted by molar-refractivity contribution is 5.95. The largest absolute Gasteiger partial charge is 0.480 e. The number of nitrogens with one attached hydrogen (secondary N) is 4. The monoisotopic (exact) mass is 532 g/mol. The van der Waals surface area contributed by atoms with E-state index < -0.39 is 54.0 Å². The summed E-state index contributed by atoms with van der Waals surface area (Å²) in [6, 6.07) is 2.54. The molecule has 14 heteroatoms. The van der Waals surface area contributed by atoms with Crippen LogP contribution < -0.4 is 33.2 Å². The number of fused-ring (bicyclic) bond motifs is 1. The Morgan fingerprint density at radius 3 is 2.26 bits per heavy atom. The first kappa shape index (κ1) is 30.1. The normalized spacial score (nSPS) is 14.9. The van der Waals surface area contributed by atoms with Gasteiger partial charge >= 0.3 is 5.97 Å². The van der Waals surface area contributed by atoms with Gasteiger partial charge in [0.15, 0.2) is 5.96 Å². The lowest BCUT2D eigenvalue weighted by atomic mass is 10.0. The molecule has 5 unspecified atom stereocenters. The number of carbonyl (C=O) groups is 4. The minimum atomic E-state index is -1.50. The Morgan fingerprint density at radius 1 is 1.00 bits per heavy atom. The quantitative estimate of drug-likeness (QED) is 0.0742. The van der Waals surface area contributed by atoms with Crippen molar-refractivity contribution in [3.8, 4) is 0 Å². The number of aliphatic hydroxyl groups is 1. The van der Waals surface area contributed by atoms with Gasteiger partial charge in [-0.2, -0.15) is 0 Å². The van der Waals surface area contributed by atoms with E-state index in [2.05, 4.69) is 25.9 Å². The summed E-state index contributed by atoms with van der Waals surface area (Å²) in [6.07, 6.45) is 0.656. The average molecular weight is 533 g/mol. The highest BCUT2D eigenvalue weighted by Gasteiger charge is 2.32. The number of amides is 3. The Hall–Kier alpha value is -4.17. The number of nitrogens with two attached hydrogens (primary N) is 3. The van der Waals surface area contributed by atoms with Gasteiger partial charge in [-0.05, 0) is 38.3 Å². The molecule has 0 bridgehead atoms. The number of aliphatic hydroxyl groups excluding tert-OH is 1. The van der Waals surface area contributed by atoms with Gasteiger partial charge in [-0.1, -0.05) is 18.2 Å². The van der Waals surface area contributed by atoms with E-state index in [0.29, 0.717) is 0 Å². The Morgan fingerprint density at radius 2 is 1.66 bits per heavy atom. The van der Waals surface area contributed by atoms with Crippen molar-refractivity contribution in [2.45, 2.75) is 63.4 Å². The zero-order chi connectivity index (χ0) is 28.4. The zero-order valence-electron chi connectivity index (χ0n) is 21.3. The number of hydrogen-bond acceptors (Lipinski definition) is 7. The van der Waals surface area contributed by atoms with E-state index in [9.17, 15) is 29.4 Å². The van der Waals surface area contributed by atoms with Crippen molar-refractivity contribution < 1.29 is 29.4 Å². The highest BCUT2D eigenvalue weighted by Crippen LogP contribution is 2.19. The molecule has 14 nitrogen and oxygen atoms in total. The number of carboxylic acids is 1. The number of rotatable bonds is 14. The first-order valence-electron chi connectivity index (χ1n) is 12.1. The minimum absolute atomic E-state index is 0.00592. The maximum atomic E-state index is 13.3. The third-order valence-electron chi connectivity index (χ3n) is 5.77. The van der Waals surface area contributed by atoms with Crippen molar-refractivity contribution >= 4 is 40.6 Å². The zero-order valence-corrected chi connectivity index (χ0v) is 21.3. The van der Waals surface area contributed by atoms with Crippen molar-refractivity contribution in [2.75, 3.05) is 6.54 Å². The smallest absolute Gasteiger partial charge is 0.326 e. The number of guanidine groups is 1. The molecular weight excluding hydrogens is 496 g/mol. The summed E-state index contributed by atoms with van der Waals surface area (Å²) in [5, 5.41) is 27.9. The molecule has 0 saturated heterocycles. The number of hydrogen-bond donors (Lipinski definition) is 9. The summed E-state index contributed by atoms with van der Waals surface area (Å²) in [7, 11) is 0. The summed E-state index contributed by atoms with van der Waals surface area (Å²) in [4.78, 5) is 57.0. The fraction of sp³-hybridized carbons (Fsp3) is 0.458. The number of para-hydroxylation sites is 1. The molecule has 1 aromatic carbocycles. The summed E-state index contributed by atoms with van der Waals surface area (Å²) < 4.78 is 0. The van der Waals surface area contributed by atoms with Crippen LogP contribution in [0, 0.1) is 0 Å². The molecule has 0 aliphatic rings. The van der Waals surface area contributed by atoms with Gasteiger partial charge in [0.2, 0.25) is 17.7 Å².